The van der Waals surface area contributed by atoms with Crippen LogP contribution in [0.3, 0.4) is 0 Å². The van der Waals surface area contributed by atoms with Gasteiger partial charge >= 0.3 is 0 Å². The minimum atomic E-state index is -0.511. The molecule has 0 atom stereocenters. The van der Waals surface area contributed by atoms with Crippen LogP contribution in [0.4, 0.5) is 4.39 Å². The molecule has 0 aliphatic rings. The van der Waals surface area contributed by atoms with Crippen LogP contribution in [-0.4, -0.2) is 18.3 Å². The molecule has 1 amide bonds. The zero-order chi connectivity index (χ0) is 10.6. The number of rotatable bonds is 3. The van der Waals surface area contributed by atoms with Crippen molar-refractivity contribution in [2.24, 2.45) is 0 Å². The summed E-state index contributed by atoms with van der Waals surface area (Å²) in [6, 6.07) is 4.41. The zero-order valence-corrected chi connectivity index (χ0v) is 8.57. The van der Waals surface area contributed by atoms with Crippen molar-refractivity contribution in [3.05, 3.63) is 35.1 Å². The van der Waals surface area contributed by atoms with Crippen LogP contribution >= 0.6 is 11.6 Å². The smallest absolute Gasteiger partial charge is 0.254 e. The van der Waals surface area contributed by atoms with Crippen LogP contribution < -0.4 is 5.32 Å². The highest BCUT2D eigenvalue weighted by molar-refractivity contribution is 6.18. The number of hydrogen-bond donors (Lipinski definition) is 1. The number of halogens is 2. The SMILES string of the molecule is Cc1ccc(F)c(C(=O)NCCCl)c1. The van der Waals surface area contributed by atoms with Gasteiger partial charge in [0.05, 0.1) is 5.56 Å². The van der Waals surface area contributed by atoms with Crippen LogP contribution in [0.5, 0.6) is 0 Å². The van der Waals surface area contributed by atoms with Gasteiger partial charge in [-0.05, 0) is 19.1 Å². The van der Waals surface area contributed by atoms with Crippen molar-refractivity contribution in [2.45, 2.75) is 6.92 Å². The van der Waals surface area contributed by atoms with E-state index in [-0.39, 0.29) is 5.56 Å². The molecule has 1 rings (SSSR count). The molecular formula is C10H11ClFNO. The van der Waals surface area contributed by atoms with Gasteiger partial charge < -0.3 is 5.32 Å². The molecule has 0 fully saturated rings. The van der Waals surface area contributed by atoms with Crippen molar-refractivity contribution in [3.63, 3.8) is 0 Å². The Labute approximate surface area is 87.1 Å². The molecule has 0 aliphatic heterocycles. The summed E-state index contributed by atoms with van der Waals surface area (Å²) in [5.41, 5.74) is 0.914. The van der Waals surface area contributed by atoms with E-state index in [1.54, 1.807) is 13.0 Å². The lowest BCUT2D eigenvalue weighted by molar-refractivity contribution is 0.0952. The summed E-state index contributed by atoms with van der Waals surface area (Å²) < 4.78 is 13.2. The minimum Gasteiger partial charge on any atom is -0.351 e. The fraction of sp³-hybridized carbons (Fsp3) is 0.300. The van der Waals surface area contributed by atoms with Crippen molar-refractivity contribution in [1.29, 1.82) is 0 Å². The number of carbonyl (C=O) groups is 1. The predicted octanol–water partition coefficient (Wildman–Crippen LogP) is 2.10. The van der Waals surface area contributed by atoms with Crippen molar-refractivity contribution in [3.8, 4) is 0 Å². The molecule has 0 spiro atoms. The number of alkyl halides is 1. The van der Waals surface area contributed by atoms with Gasteiger partial charge in [0.25, 0.3) is 5.91 Å². The molecule has 4 heteroatoms. The maximum Gasteiger partial charge on any atom is 0.254 e. The summed E-state index contributed by atoms with van der Waals surface area (Å²) >= 11 is 5.40. The van der Waals surface area contributed by atoms with E-state index in [1.807, 2.05) is 0 Å². The highest BCUT2D eigenvalue weighted by atomic mass is 35.5. The van der Waals surface area contributed by atoms with E-state index in [9.17, 15) is 9.18 Å². The van der Waals surface area contributed by atoms with E-state index < -0.39 is 11.7 Å². The first-order valence-corrected chi connectivity index (χ1v) is 4.79. The molecule has 0 aliphatic carbocycles. The van der Waals surface area contributed by atoms with Crippen LogP contribution in [0.15, 0.2) is 18.2 Å². The third-order valence-electron chi connectivity index (χ3n) is 1.75. The Morgan fingerprint density at radius 1 is 1.57 bits per heavy atom. The Kier molecular flexibility index (Phi) is 3.89. The fourth-order valence-electron chi connectivity index (χ4n) is 1.07. The first kappa shape index (κ1) is 11.0. The van der Waals surface area contributed by atoms with Gasteiger partial charge in [0.2, 0.25) is 0 Å². The van der Waals surface area contributed by atoms with Gasteiger partial charge in [-0.15, -0.1) is 11.6 Å². The van der Waals surface area contributed by atoms with E-state index >= 15 is 0 Å². The van der Waals surface area contributed by atoms with Gasteiger partial charge in [-0.25, -0.2) is 4.39 Å². The summed E-state index contributed by atoms with van der Waals surface area (Å²) in [6.07, 6.45) is 0. The van der Waals surface area contributed by atoms with Crippen molar-refractivity contribution in [2.75, 3.05) is 12.4 Å². The molecular weight excluding hydrogens is 205 g/mol. The van der Waals surface area contributed by atoms with Crippen LogP contribution in [0.1, 0.15) is 15.9 Å². The number of hydrogen-bond acceptors (Lipinski definition) is 1. The average molecular weight is 216 g/mol. The summed E-state index contributed by atoms with van der Waals surface area (Å²) in [5, 5.41) is 2.51. The normalized spacial score (nSPS) is 9.93. The van der Waals surface area contributed by atoms with E-state index in [0.29, 0.717) is 12.4 Å². The molecule has 0 radical (unpaired) electrons. The number of benzene rings is 1. The van der Waals surface area contributed by atoms with Gasteiger partial charge in [-0.1, -0.05) is 11.6 Å². The third kappa shape index (κ3) is 2.70. The van der Waals surface area contributed by atoms with Crippen LogP contribution in [-0.2, 0) is 0 Å². The Hall–Kier alpha value is -1.09. The van der Waals surface area contributed by atoms with Gasteiger partial charge in [0, 0.05) is 12.4 Å². The first-order chi connectivity index (χ1) is 6.65. The van der Waals surface area contributed by atoms with Gasteiger partial charge in [0.15, 0.2) is 0 Å². The number of amides is 1. The van der Waals surface area contributed by atoms with Crippen molar-refractivity contribution >= 4 is 17.5 Å². The highest BCUT2D eigenvalue weighted by Crippen LogP contribution is 2.09. The second kappa shape index (κ2) is 4.96. The largest absolute Gasteiger partial charge is 0.351 e. The van der Waals surface area contributed by atoms with Gasteiger partial charge in [-0.2, -0.15) is 0 Å². The standard InChI is InChI=1S/C10H11ClFNO/c1-7-2-3-9(12)8(6-7)10(14)13-5-4-11/h2-3,6H,4-5H2,1H3,(H,13,14). The lowest BCUT2D eigenvalue weighted by Gasteiger charge is -2.04. The molecule has 0 aromatic heterocycles. The zero-order valence-electron chi connectivity index (χ0n) is 7.81. The topological polar surface area (TPSA) is 29.1 Å². The molecule has 1 N–H and O–H groups in total. The second-order valence-electron chi connectivity index (χ2n) is 2.93. The number of aryl methyl sites for hydroxylation is 1. The molecule has 1 aromatic carbocycles. The van der Waals surface area contributed by atoms with Gasteiger partial charge in [0.1, 0.15) is 5.82 Å². The molecule has 0 saturated carbocycles. The Balaban J connectivity index is 2.83. The molecule has 0 saturated heterocycles. The predicted molar refractivity (Wildman–Crippen MR) is 54.2 cm³/mol. The number of nitrogens with one attached hydrogen (secondary N) is 1. The van der Waals surface area contributed by atoms with Crippen LogP contribution in [0.25, 0.3) is 0 Å². The maximum atomic E-state index is 13.2. The summed E-state index contributed by atoms with van der Waals surface area (Å²) in [6.45, 7) is 2.14. The number of carbonyl (C=O) groups excluding carboxylic acids is 1. The molecule has 76 valence electrons. The molecule has 1 aromatic rings. The summed E-state index contributed by atoms with van der Waals surface area (Å²) in [7, 11) is 0. The molecule has 2 nitrogen and oxygen atoms in total. The van der Waals surface area contributed by atoms with Crippen molar-refractivity contribution < 1.29 is 9.18 Å². The molecule has 14 heavy (non-hydrogen) atoms. The maximum absolute atomic E-state index is 13.2. The van der Waals surface area contributed by atoms with E-state index in [0.717, 1.165) is 5.56 Å². The quantitative estimate of drug-likeness (QED) is 0.769. The van der Waals surface area contributed by atoms with E-state index in [1.165, 1.54) is 12.1 Å². The van der Waals surface area contributed by atoms with E-state index in [4.69, 9.17) is 11.6 Å². The summed E-state index contributed by atoms with van der Waals surface area (Å²) in [5.74, 6) is -0.617. The van der Waals surface area contributed by atoms with Crippen LogP contribution in [0.2, 0.25) is 0 Å². The lowest BCUT2D eigenvalue weighted by atomic mass is 10.1. The average Bonchev–Trinajstić information content (AvgIpc) is 2.18. The Bertz CT molecular complexity index is 341. The fourth-order valence-corrected chi connectivity index (χ4v) is 1.16. The second-order valence-corrected chi connectivity index (χ2v) is 3.31. The van der Waals surface area contributed by atoms with Crippen molar-refractivity contribution in [1.82, 2.24) is 5.32 Å². The Morgan fingerprint density at radius 2 is 2.29 bits per heavy atom. The van der Waals surface area contributed by atoms with Gasteiger partial charge in [-0.3, -0.25) is 4.79 Å². The molecule has 0 bridgehead atoms. The third-order valence-corrected chi connectivity index (χ3v) is 1.94. The molecule has 0 heterocycles. The lowest BCUT2D eigenvalue weighted by Crippen LogP contribution is -2.26. The minimum absolute atomic E-state index is 0.0649. The first-order valence-electron chi connectivity index (χ1n) is 4.25. The monoisotopic (exact) mass is 215 g/mol. The van der Waals surface area contributed by atoms with Crippen LogP contribution in [0, 0.1) is 12.7 Å². The highest BCUT2D eigenvalue weighted by Gasteiger charge is 2.10. The molecule has 0 unspecified atom stereocenters. The van der Waals surface area contributed by atoms with E-state index in [2.05, 4.69) is 5.32 Å². The Morgan fingerprint density at radius 3 is 2.93 bits per heavy atom. The summed E-state index contributed by atoms with van der Waals surface area (Å²) in [4.78, 5) is 11.4.